The summed E-state index contributed by atoms with van der Waals surface area (Å²) >= 11 is 0. The lowest BCUT2D eigenvalue weighted by molar-refractivity contribution is -0.119. The number of hydrogen-bond donors (Lipinski definition) is 2. The van der Waals surface area contributed by atoms with Crippen LogP contribution in [-0.4, -0.2) is 49.3 Å². The van der Waals surface area contributed by atoms with E-state index < -0.39 is 16.0 Å². The molecule has 0 spiro atoms. The van der Waals surface area contributed by atoms with Gasteiger partial charge in [-0.15, -0.1) is 0 Å². The van der Waals surface area contributed by atoms with Crippen molar-refractivity contribution in [3.63, 3.8) is 0 Å². The Bertz CT molecular complexity index is 275. The molecule has 0 aliphatic heterocycles. The summed E-state index contributed by atoms with van der Waals surface area (Å²) in [5.74, 6) is -0.559. The molecule has 6 nitrogen and oxygen atoms in total. The van der Waals surface area contributed by atoms with E-state index in [1.165, 1.54) is 11.8 Å². The molecule has 0 saturated carbocycles. The summed E-state index contributed by atoms with van der Waals surface area (Å²) in [6.07, 6.45) is 0. The van der Waals surface area contributed by atoms with E-state index in [9.17, 15) is 13.2 Å². The van der Waals surface area contributed by atoms with Gasteiger partial charge in [-0.05, 0) is 6.54 Å². The molecule has 0 aliphatic rings. The summed E-state index contributed by atoms with van der Waals surface area (Å²) in [5.41, 5.74) is 0. The van der Waals surface area contributed by atoms with Crippen molar-refractivity contribution in [3.05, 3.63) is 0 Å². The number of likely N-dealkylation sites (N-methyl/N-ethyl adjacent to an activating group) is 1. The van der Waals surface area contributed by atoms with E-state index in [2.05, 4.69) is 5.32 Å². The normalized spacial score (nSPS) is 11.7. The Morgan fingerprint density at radius 3 is 2.43 bits per heavy atom. The molecule has 7 heteroatoms. The molecule has 0 rings (SSSR count). The van der Waals surface area contributed by atoms with Crippen LogP contribution in [0.25, 0.3) is 0 Å². The van der Waals surface area contributed by atoms with Gasteiger partial charge in [-0.2, -0.15) is 8.42 Å². The van der Waals surface area contributed by atoms with Crippen LogP contribution < -0.4 is 5.32 Å². The molecule has 0 aromatic rings. The minimum absolute atomic E-state index is 0.159. The molecule has 0 bridgehead atoms. The third-order valence-corrected chi connectivity index (χ3v) is 2.29. The van der Waals surface area contributed by atoms with E-state index in [4.69, 9.17) is 4.55 Å². The largest absolute Gasteiger partial charge is 0.355 e. The Kier molecular flexibility index (Phi) is 5.66. The Morgan fingerprint density at radius 2 is 2.07 bits per heavy atom. The maximum Gasteiger partial charge on any atom is 0.278 e. The first-order chi connectivity index (χ1) is 6.35. The SMILES string of the molecule is CCN(CCNC(C)=O)CS(=O)(=O)O. The van der Waals surface area contributed by atoms with Gasteiger partial charge in [0, 0.05) is 20.0 Å². The van der Waals surface area contributed by atoms with Crippen LogP contribution in [-0.2, 0) is 14.9 Å². The van der Waals surface area contributed by atoms with Crippen molar-refractivity contribution in [2.45, 2.75) is 13.8 Å². The van der Waals surface area contributed by atoms with Gasteiger partial charge in [-0.1, -0.05) is 6.92 Å². The number of amides is 1. The van der Waals surface area contributed by atoms with Crippen LogP contribution in [0.5, 0.6) is 0 Å². The monoisotopic (exact) mass is 224 g/mol. The molecule has 0 atom stereocenters. The van der Waals surface area contributed by atoms with Crippen LogP contribution in [0.2, 0.25) is 0 Å². The maximum absolute atomic E-state index is 10.5. The Labute approximate surface area is 84.0 Å². The van der Waals surface area contributed by atoms with Gasteiger partial charge in [0.05, 0.1) is 0 Å². The first-order valence-corrected chi connectivity index (χ1v) is 5.88. The topological polar surface area (TPSA) is 86.7 Å². The number of hydrogen-bond acceptors (Lipinski definition) is 4. The van der Waals surface area contributed by atoms with E-state index in [0.717, 1.165) is 0 Å². The standard InChI is InChI=1S/C7H16N2O4S/c1-3-9(6-14(11,12)13)5-4-8-7(2)10/h3-6H2,1-2H3,(H,8,10)(H,11,12,13). The van der Waals surface area contributed by atoms with E-state index in [1.807, 2.05) is 0 Å². The van der Waals surface area contributed by atoms with Crippen molar-refractivity contribution in [3.8, 4) is 0 Å². The second-order valence-corrected chi connectivity index (χ2v) is 4.33. The molecular weight excluding hydrogens is 208 g/mol. The summed E-state index contributed by atoms with van der Waals surface area (Å²) in [6.45, 7) is 4.44. The van der Waals surface area contributed by atoms with Gasteiger partial charge in [0.15, 0.2) is 0 Å². The minimum Gasteiger partial charge on any atom is -0.355 e. The fourth-order valence-corrected chi connectivity index (χ4v) is 1.71. The first-order valence-electron chi connectivity index (χ1n) is 4.27. The zero-order valence-electron chi connectivity index (χ0n) is 8.36. The van der Waals surface area contributed by atoms with Crippen molar-refractivity contribution in [1.29, 1.82) is 0 Å². The molecule has 0 aromatic carbocycles. The summed E-state index contributed by atoms with van der Waals surface area (Å²) in [6, 6.07) is 0. The van der Waals surface area contributed by atoms with Crippen LogP contribution in [0.1, 0.15) is 13.8 Å². The lowest BCUT2D eigenvalue weighted by Gasteiger charge is -2.18. The number of nitrogens with zero attached hydrogens (tertiary/aromatic N) is 1. The van der Waals surface area contributed by atoms with Crippen LogP contribution in [0, 0.1) is 0 Å². The minimum atomic E-state index is -3.97. The molecule has 2 N–H and O–H groups in total. The van der Waals surface area contributed by atoms with Crippen LogP contribution >= 0.6 is 0 Å². The molecule has 0 aromatic heterocycles. The third kappa shape index (κ3) is 7.96. The zero-order valence-corrected chi connectivity index (χ0v) is 9.17. The van der Waals surface area contributed by atoms with Crippen molar-refractivity contribution < 1.29 is 17.8 Å². The van der Waals surface area contributed by atoms with E-state index in [1.54, 1.807) is 6.92 Å². The van der Waals surface area contributed by atoms with Crippen molar-refractivity contribution >= 4 is 16.0 Å². The third-order valence-electron chi connectivity index (χ3n) is 1.59. The molecule has 14 heavy (non-hydrogen) atoms. The zero-order chi connectivity index (χ0) is 11.2. The lowest BCUT2D eigenvalue weighted by Crippen LogP contribution is -2.36. The van der Waals surface area contributed by atoms with Gasteiger partial charge in [-0.25, -0.2) is 0 Å². The predicted molar refractivity (Wildman–Crippen MR) is 52.3 cm³/mol. The second kappa shape index (κ2) is 5.94. The van der Waals surface area contributed by atoms with Gasteiger partial charge in [0.1, 0.15) is 5.88 Å². The molecule has 1 amide bonds. The summed E-state index contributed by atoms with van der Waals surface area (Å²) in [7, 11) is -3.97. The molecule has 84 valence electrons. The smallest absolute Gasteiger partial charge is 0.278 e. The predicted octanol–water partition coefficient (Wildman–Crippen LogP) is -0.710. The quantitative estimate of drug-likeness (QED) is 0.582. The highest BCUT2D eigenvalue weighted by Crippen LogP contribution is 1.91. The fraction of sp³-hybridized carbons (Fsp3) is 0.857. The number of rotatable bonds is 6. The Morgan fingerprint density at radius 1 is 1.50 bits per heavy atom. The van der Waals surface area contributed by atoms with E-state index in [-0.39, 0.29) is 5.91 Å². The molecule has 0 heterocycles. The van der Waals surface area contributed by atoms with Crippen molar-refractivity contribution in [2.75, 3.05) is 25.5 Å². The summed E-state index contributed by atoms with van der Waals surface area (Å²) < 4.78 is 29.6. The van der Waals surface area contributed by atoms with Gasteiger partial charge in [-0.3, -0.25) is 14.2 Å². The molecule has 0 radical (unpaired) electrons. The van der Waals surface area contributed by atoms with Gasteiger partial charge >= 0.3 is 0 Å². The van der Waals surface area contributed by atoms with Crippen LogP contribution in [0.15, 0.2) is 0 Å². The highest BCUT2D eigenvalue weighted by atomic mass is 32.2. The molecule has 0 saturated heterocycles. The van der Waals surface area contributed by atoms with Crippen LogP contribution in [0.3, 0.4) is 0 Å². The van der Waals surface area contributed by atoms with Gasteiger partial charge in [0.25, 0.3) is 10.1 Å². The van der Waals surface area contributed by atoms with E-state index in [0.29, 0.717) is 19.6 Å². The molecular formula is C7H16N2O4S. The Balaban J connectivity index is 3.86. The molecule has 0 aliphatic carbocycles. The average molecular weight is 224 g/mol. The average Bonchev–Trinajstić information content (AvgIpc) is 1.99. The number of carbonyl (C=O) groups excluding carboxylic acids is 1. The van der Waals surface area contributed by atoms with Crippen molar-refractivity contribution in [1.82, 2.24) is 10.2 Å². The highest BCUT2D eigenvalue weighted by Gasteiger charge is 2.11. The summed E-state index contributed by atoms with van der Waals surface area (Å²) in [5, 5.41) is 2.54. The van der Waals surface area contributed by atoms with E-state index >= 15 is 0 Å². The fourth-order valence-electron chi connectivity index (χ4n) is 0.935. The summed E-state index contributed by atoms with van der Waals surface area (Å²) in [4.78, 5) is 12.0. The number of carbonyl (C=O) groups is 1. The highest BCUT2D eigenvalue weighted by molar-refractivity contribution is 7.85. The molecule has 0 unspecified atom stereocenters. The van der Waals surface area contributed by atoms with Gasteiger partial charge in [0.2, 0.25) is 5.91 Å². The first kappa shape index (κ1) is 13.3. The second-order valence-electron chi connectivity index (χ2n) is 2.90. The van der Waals surface area contributed by atoms with Crippen LogP contribution in [0.4, 0.5) is 0 Å². The van der Waals surface area contributed by atoms with Gasteiger partial charge < -0.3 is 5.32 Å². The maximum atomic E-state index is 10.5. The van der Waals surface area contributed by atoms with Crippen molar-refractivity contribution in [2.24, 2.45) is 0 Å². The lowest BCUT2D eigenvalue weighted by atomic mass is 10.5. The molecule has 0 fully saturated rings. The Hall–Kier alpha value is -0.660. The number of nitrogens with one attached hydrogen (secondary N) is 1.